The summed E-state index contributed by atoms with van der Waals surface area (Å²) < 4.78 is 4.80. The van der Waals surface area contributed by atoms with Gasteiger partial charge in [0.1, 0.15) is 5.01 Å². The van der Waals surface area contributed by atoms with Gasteiger partial charge in [-0.25, -0.2) is 4.98 Å². The topological polar surface area (TPSA) is 65.2 Å². The molecule has 78 valence electrons. The molecule has 0 amide bonds. The van der Waals surface area contributed by atoms with E-state index in [0.29, 0.717) is 6.42 Å². The standard InChI is InChI=1S/C9H14N2O2S/c1-6-5-14-9(11-6)3-8(12)7(10)4-13-2/h5,7H,3-4,10H2,1-2H3. The maximum Gasteiger partial charge on any atom is 0.158 e. The number of ether oxygens (including phenoxy) is 1. The first-order chi connectivity index (χ1) is 6.63. The molecule has 0 aliphatic carbocycles. The highest BCUT2D eigenvalue weighted by atomic mass is 32.1. The van der Waals surface area contributed by atoms with Crippen molar-refractivity contribution in [1.82, 2.24) is 4.98 Å². The van der Waals surface area contributed by atoms with Crippen LogP contribution in [0.25, 0.3) is 0 Å². The van der Waals surface area contributed by atoms with Crippen molar-refractivity contribution in [2.75, 3.05) is 13.7 Å². The molecule has 0 saturated heterocycles. The summed E-state index contributed by atoms with van der Waals surface area (Å²) in [6, 6.07) is -0.538. The number of thiazole rings is 1. The van der Waals surface area contributed by atoms with E-state index < -0.39 is 6.04 Å². The Morgan fingerprint density at radius 3 is 3.00 bits per heavy atom. The van der Waals surface area contributed by atoms with Crippen LogP contribution in [0.15, 0.2) is 5.38 Å². The van der Waals surface area contributed by atoms with Crippen molar-refractivity contribution in [3.63, 3.8) is 0 Å². The van der Waals surface area contributed by atoms with E-state index in [9.17, 15) is 4.79 Å². The molecule has 0 fully saturated rings. The summed E-state index contributed by atoms with van der Waals surface area (Å²) in [5, 5.41) is 2.74. The van der Waals surface area contributed by atoms with Crippen molar-refractivity contribution in [2.45, 2.75) is 19.4 Å². The van der Waals surface area contributed by atoms with E-state index in [4.69, 9.17) is 10.5 Å². The van der Waals surface area contributed by atoms with Crippen molar-refractivity contribution >= 4 is 17.1 Å². The first kappa shape index (κ1) is 11.3. The summed E-state index contributed by atoms with van der Waals surface area (Å²) in [4.78, 5) is 15.7. The van der Waals surface area contributed by atoms with Crippen LogP contribution < -0.4 is 5.73 Å². The highest BCUT2D eigenvalue weighted by Crippen LogP contribution is 2.10. The first-order valence-electron chi connectivity index (χ1n) is 4.31. The number of Topliss-reactive ketones (excluding diaryl/α,β-unsaturated/α-hetero) is 1. The van der Waals surface area contributed by atoms with E-state index in [2.05, 4.69) is 4.98 Å². The molecule has 0 bridgehead atoms. The van der Waals surface area contributed by atoms with Gasteiger partial charge in [0.05, 0.1) is 19.1 Å². The van der Waals surface area contributed by atoms with E-state index in [-0.39, 0.29) is 12.4 Å². The third-order valence-corrected chi connectivity index (χ3v) is 2.72. The molecule has 1 aromatic heterocycles. The molecular weight excluding hydrogens is 200 g/mol. The number of nitrogens with zero attached hydrogens (tertiary/aromatic N) is 1. The van der Waals surface area contributed by atoms with E-state index in [0.717, 1.165) is 10.7 Å². The maximum absolute atomic E-state index is 11.5. The van der Waals surface area contributed by atoms with Crippen molar-refractivity contribution in [1.29, 1.82) is 0 Å². The lowest BCUT2D eigenvalue weighted by Crippen LogP contribution is -2.35. The molecule has 4 nitrogen and oxygen atoms in total. The van der Waals surface area contributed by atoms with E-state index in [1.54, 1.807) is 0 Å². The lowest BCUT2D eigenvalue weighted by atomic mass is 10.1. The second-order valence-corrected chi connectivity index (χ2v) is 4.03. The molecular formula is C9H14N2O2S. The minimum atomic E-state index is -0.538. The minimum absolute atomic E-state index is 0.0267. The van der Waals surface area contributed by atoms with Crippen LogP contribution in [0, 0.1) is 6.92 Å². The van der Waals surface area contributed by atoms with Crippen LogP contribution in [0.5, 0.6) is 0 Å². The van der Waals surface area contributed by atoms with Gasteiger partial charge in [0.25, 0.3) is 0 Å². The van der Waals surface area contributed by atoms with Crippen molar-refractivity contribution in [3.05, 3.63) is 16.1 Å². The van der Waals surface area contributed by atoms with Crippen LogP contribution in [-0.2, 0) is 16.0 Å². The molecule has 0 spiro atoms. The predicted octanol–water partition coefficient (Wildman–Crippen LogP) is 0.537. The van der Waals surface area contributed by atoms with Crippen LogP contribution in [-0.4, -0.2) is 30.5 Å². The number of carbonyl (C=O) groups is 1. The fourth-order valence-corrected chi connectivity index (χ4v) is 1.82. The number of aromatic nitrogens is 1. The van der Waals surface area contributed by atoms with E-state index in [1.165, 1.54) is 18.4 Å². The van der Waals surface area contributed by atoms with Crippen molar-refractivity contribution < 1.29 is 9.53 Å². The molecule has 1 rings (SSSR count). The fraction of sp³-hybridized carbons (Fsp3) is 0.556. The van der Waals surface area contributed by atoms with Gasteiger partial charge >= 0.3 is 0 Å². The number of carbonyl (C=O) groups excluding carboxylic acids is 1. The van der Waals surface area contributed by atoms with E-state index >= 15 is 0 Å². The smallest absolute Gasteiger partial charge is 0.158 e. The Labute approximate surface area is 87.1 Å². The zero-order valence-corrected chi connectivity index (χ0v) is 9.13. The zero-order valence-electron chi connectivity index (χ0n) is 8.32. The van der Waals surface area contributed by atoms with Gasteiger partial charge in [-0.15, -0.1) is 11.3 Å². The number of methoxy groups -OCH3 is 1. The van der Waals surface area contributed by atoms with Crippen LogP contribution in [0.4, 0.5) is 0 Å². The molecule has 1 aromatic rings. The number of ketones is 1. The molecule has 0 radical (unpaired) electrons. The maximum atomic E-state index is 11.5. The van der Waals surface area contributed by atoms with Crippen LogP contribution in [0.2, 0.25) is 0 Å². The van der Waals surface area contributed by atoms with Gasteiger partial charge in [-0.05, 0) is 6.92 Å². The minimum Gasteiger partial charge on any atom is -0.383 e. The number of aryl methyl sites for hydroxylation is 1. The SMILES string of the molecule is COCC(N)C(=O)Cc1nc(C)cs1. The molecule has 5 heteroatoms. The fourth-order valence-electron chi connectivity index (χ4n) is 1.04. The third kappa shape index (κ3) is 3.17. The largest absolute Gasteiger partial charge is 0.383 e. The zero-order chi connectivity index (χ0) is 10.6. The van der Waals surface area contributed by atoms with Gasteiger partial charge in [-0.1, -0.05) is 0 Å². The second kappa shape index (κ2) is 5.19. The number of nitrogens with two attached hydrogens (primary N) is 1. The molecule has 2 N–H and O–H groups in total. The number of hydrogen-bond acceptors (Lipinski definition) is 5. The van der Waals surface area contributed by atoms with Gasteiger partial charge in [0.2, 0.25) is 0 Å². The van der Waals surface area contributed by atoms with E-state index in [1.807, 2.05) is 12.3 Å². The van der Waals surface area contributed by atoms with Gasteiger partial charge in [0, 0.05) is 18.2 Å². The Hall–Kier alpha value is -0.780. The molecule has 1 unspecified atom stereocenters. The molecule has 0 aliphatic rings. The van der Waals surface area contributed by atoms with Crippen molar-refractivity contribution in [3.8, 4) is 0 Å². The Balaban J connectivity index is 2.48. The molecule has 0 aliphatic heterocycles. The van der Waals surface area contributed by atoms with Crippen LogP contribution in [0.1, 0.15) is 10.7 Å². The van der Waals surface area contributed by atoms with Gasteiger partial charge in [-0.3, -0.25) is 4.79 Å². The Kier molecular flexibility index (Phi) is 4.19. The van der Waals surface area contributed by atoms with Crippen molar-refractivity contribution in [2.24, 2.45) is 5.73 Å². The molecule has 1 atom stereocenters. The average molecular weight is 214 g/mol. The molecule has 14 heavy (non-hydrogen) atoms. The first-order valence-corrected chi connectivity index (χ1v) is 5.19. The highest BCUT2D eigenvalue weighted by molar-refractivity contribution is 7.09. The number of rotatable bonds is 5. The summed E-state index contributed by atoms with van der Waals surface area (Å²) >= 11 is 1.49. The van der Waals surface area contributed by atoms with Gasteiger partial charge in [-0.2, -0.15) is 0 Å². The third-order valence-electron chi connectivity index (χ3n) is 1.75. The monoisotopic (exact) mass is 214 g/mol. The summed E-state index contributed by atoms with van der Waals surface area (Å²) in [6.07, 6.45) is 0.309. The van der Waals surface area contributed by atoms with Crippen LogP contribution >= 0.6 is 11.3 Å². The summed E-state index contributed by atoms with van der Waals surface area (Å²) in [5.41, 5.74) is 6.53. The lowest BCUT2D eigenvalue weighted by Gasteiger charge is -2.07. The number of hydrogen-bond donors (Lipinski definition) is 1. The highest BCUT2D eigenvalue weighted by Gasteiger charge is 2.14. The molecule has 0 saturated carbocycles. The van der Waals surface area contributed by atoms with Gasteiger partial charge in [0.15, 0.2) is 5.78 Å². The average Bonchev–Trinajstić information content (AvgIpc) is 2.51. The Morgan fingerprint density at radius 1 is 1.79 bits per heavy atom. The quantitative estimate of drug-likeness (QED) is 0.776. The predicted molar refractivity (Wildman–Crippen MR) is 55.4 cm³/mol. The Morgan fingerprint density at radius 2 is 2.50 bits per heavy atom. The van der Waals surface area contributed by atoms with Crippen LogP contribution in [0.3, 0.4) is 0 Å². The molecule has 0 aromatic carbocycles. The second-order valence-electron chi connectivity index (χ2n) is 3.09. The lowest BCUT2D eigenvalue weighted by molar-refractivity contribution is -0.120. The summed E-state index contributed by atoms with van der Waals surface area (Å²) in [7, 11) is 1.53. The van der Waals surface area contributed by atoms with Gasteiger partial charge < -0.3 is 10.5 Å². The summed E-state index contributed by atoms with van der Waals surface area (Å²) in [6.45, 7) is 2.17. The Bertz CT molecular complexity index is 312. The molecule has 1 heterocycles. The normalized spacial score (nSPS) is 12.8. The summed E-state index contributed by atoms with van der Waals surface area (Å²) in [5.74, 6) is -0.0267.